The van der Waals surface area contributed by atoms with Crippen molar-refractivity contribution in [2.24, 2.45) is 11.1 Å². The highest BCUT2D eigenvalue weighted by Gasteiger charge is 2.48. The van der Waals surface area contributed by atoms with Gasteiger partial charge in [0.15, 0.2) is 0 Å². The number of rotatable bonds is 3. The van der Waals surface area contributed by atoms with Crippen LogP contribution >= 0.6 is 0 Å². The SMILES string of the molecule is CN(C)CC1CC(O)CN1C(=O)C1(C)CCCC1N. The monoisotopic (exact) mass is 269 g/mol. The molecule has 4 unspecified atom stereocenters. The number of hydrogen-bond donors (Lipinski definition) is 2. The Kier molecular flexibility index (Phi) is 4.18. The number of nitrogens with zero attached hydrogens (tertiary/aromatic N) is 2. The highest BCUT2D eigenvalue weighted by molar-refractivity contribution is 5.84. The molecule has 4 atom stereocenters. The zero-order valence-corrected chi connectivity index (χ0v) is 12.3. The number of aliphatic hydroxyl groups is 1. The molecule has 2 aliphatic rings. The number of β-amino-alcohol motifs (C(OH)–C–C–N with tert-alkyl or cyclic N) is 1. The molecule has 0 radical (unpaired) electrons. The Morgan fingerprint density at radius 2 is 2.21 bits per heavy atom. The lowest BCUT2D eigenvalue weighted by atomic mass is 9.83. The van der Waals surface area contributed by atoms with Gasteiger partial charge in [0.05, 0.1) is 11.5 Å². The van der Waals surface area contributed by atoms with Crippen LogP contribution in [-0.4, -0.2) is 66.2 Å². The first-order chi connectivity index (χ1) is 8.84. The number of likely N-dealkylation sites (tertiary alicyclic amines) is 1. The number of carbonyl (C=O) groups is 1. The lowest BCUT2D eigenvalue weighted by Crippen LogP contribution is -2.52. The predicted molar refractivity (Wildman–Crippen MR) is 74.6 cm³/mol. The Morgan fingerprint density at radius 3 is 2.74 bits per heavy atom. The minimum atomic E-state index is -0.436. The van der Waals surface area contributed by atoms with Crippen LogP contribution < -0.4 is 5.73 Å². The van der Waals surface area contributed by atoms with Crippen LogP contribution in [-0.2, 0) is 4.79 Å². The van der Waals surface area contributed by atoms with E-state index in [1.54, 1.807) is 0 Å². The van der Waals surface area contributed by atoms with E-state index in [0.717, 1.165) is 25.8 Å². The summed E-state index contributed by atoms with van der Waals surface area (Å²) in [7, 11) is 3.99. The fourth-order valence-corrected chi connectivity index (χ4v) is 3.52. The minimum absolute atomic E-state index is 0.0438. The Hall–Kier alpha value is -0.650. The Labute approximate surface area is 115 Å². The van der Waals surface area contributed by atoms with Crippen molar-refractivity contribution in [3.63, 3.8) is 0 Å². The number of hydrogen-bond acceptors (Lipinski definition) is 4. The van der Waals surface area contributed by atoms with E-state index in [9.17, 15) is 9.90 Å². The molecule has 0 aromatic heterocycles. The number of aliphatic hydroxyl groups excluding tert-OH is 1. The normalized spacial score (nSPS) is 39.3. The van der Waals surface area contributed by atoms with Crippen molar-refractivity contribution in [3.8, 4) is 0 Å². The summed E-state index contributed by atoms with van der Waals surface area (Å²) < 4.78 is 0. The second-order valence-corrected chi connectivity index (χ2v) is 6.68. The molecule has 1 aliphatic heterocycles. The van der Waals surface area contributed by atoms with Gasteiger partial charge in [-0.2, -0.15) is 0 Å². The zero-order chi connectivity index (χ0) is 14.2. The molecule has 1 aliphatic carbocycles. The summed E-state index contributed by atoms with van der Waals surface area (Å²) in [6.07, 6.45) is 3.11. The van der Waals surface area contributed by atoms with Crippen LogP contribution in [0, 0.1) is 5.41 Å². The highest BCUT2D eigenvalue weighted by atomic mass is 16.3. The van der Waals surface area contributed by atoms with Crippen LogP contribution in [0.25, 0.3) is 0 Å². The fraction of sp³-hybridized carbons (Fsp3) is 0.929. The lowest BCUT2D eigenvalue weighted by Gasteiger charge is -2.36. The average Bonchev–Trinajstić information content (AvgIpc) is 2.83. The Morgan fingerprint density at radius 1 is 1.53 bits per heavy atom. The van der Waals surface area contributed by atoms with E-state index in [4.69, 9.17) is 5.73 Å². The van der Waals surface area contributed by atoms with Crippen LogP contribution in [0.5, 0.6) is 0 Å². The number of carbonyl (C=O) groups excluding carboxylic acids is 1. The standard InChI is InChI=1S/C14H27N3O2/c1-14(6-4-5-12(14)15)13(19)17-9-11(18)7-10(17)8-16(2)3/h10-12,18H,4-9,15H2,1-3H3. The van der Waals surface area contributed by atoms with E-state index in [1.165, 1.54) is 0 Å². The van der Waals surface area contributed by atoms with Gasteiger partial charge < -0.3 is 20.6 Å². The summed E-state index contributed by atoms with van der Waals surface area (Å²) in [6.45, 7) is 3.25. The van der Waals surface area contributed by atoms with Crippen LogP contribution in [0.2, 0.25) is 0 Å². The maximum absolute atomic E-state index is 12.8. The summed E-state index contributed by atoms with van der Waals surface area (Å²) in [5.41, 5.74) is 5.71. The van der Waals surface area contributed by atoms with Crippen LogP contribution in [0.4, 0.5) is 0 Å². The molecular formula is C14H27N3O2. The molecule has 1 saturated carbocycles. The number of nitrogens with two attached hydrogens (primary N) is 1. The van der Waals surface area contributed by atoms with Crippen LogP contribution in [0.15, 0.2) is 0 Å². The first-order valence-electron chi connectivity index (χ1n) is 7.24. The van der Waals surface area contributed by atoms with Gasteiger partial charge in [-0.1, -0.05) is 6.42 Å². The summed E-state index contributed by atoms with van der Waals surface area (Å²) >= 11 is 0. The van der Waals surface area contributed by atoms with Crippen molar-refractivity contribution in [1.82, 2.24) is 9.80 Å². The largest absolute Gasteiger partial charge is 0.391 e. The second kappa shape index (κ2) is 5.38. The molecule has 2 fully saturated rings. The topological polar surface area (TPSA) is 69.8 Å². The van der Waals surface area contributed by atoms with Crippen molar-refractivity contribution < 1.29 is 9.90 Å². The third-order valence-corrected chi connectivity index (χ3v) is 4.75. The fourth-order valence-electron chi connectivity index (χ4n) is 3.52. The van der Waals surface area contributed by atoms with Crippen LogP contribution in [0.1, 0.15) is 32.6 Å². The maximum atomic E-state index is 12.8. The molecule has 0 spiro atoms. The molecular weight excluding hydrogens is 242 g/mol. The quantitative estimate of drug-likeness (QED) is 0.758. The summed E-state index contributed by atoms with van der Waals surface area (Å²) in [5.74, 6) is 0.140. The predicted octanol–water partition coefficient (Wildman–Crippen LogP) is 0.0273. The van der Waals surface area contributed by atoms with Gasteiger partial charge in [-0.25, -0.2) is 0 Å². The van der Waals surface area contributed by atoms with Crippen molar-refractivity contribution in [1.29, 1.82) is 0 Å². The molecule has 0 aromatic carbocycles. The Balaban J connectivity index is 2.12. The van der Waals surface area contributed by atoms with Gasteiger partial charge in [0, 0.05) is 25.2 Å². The molecule has 5 nitrogen and oxygen atoms in total. The van der Waals surface area contributed by atoms with Gasteiger partial charge in [-0.3, -0.25) is 4.79 Å². The summed E-state index contributed by atoms with van der Waals surface area (Å²) in [6, 6.07) is 0.0693. The van der Waals surface area contributed by atoms with Gasteiger partial charge >= 0.3 is 0 Å². The highest BCUT2D eigenvalue weighted by Crippen LogP contribution is 2.39. The van der Waals surface area contributed by atoms with E-state index in [2.05, 4.69) is 4.90 Å². The summed E-state index contributed by atoms with van der Waals surface area (Å²) in [4.78, 5) is 16.8. The van der Waals surface area contributed by atoms with Gasteiger partial charge in [-0.05, 0) is 40.3 Å². The third-order valence-electron chi connectivity index (χ3n) is 4.75. The third kappa shape index (κ3) is 2.78. The first-order valence-corrected chi connectivity index (χ1v) is 7.24. The van der Waals surface area contributed by atoms with Gasteiger partial charge in [0.1, 0.15) is 0 Å². The molecule has 110 valence electrons. The summed E-state index contributed by atoms with van der Waals surface area (Å²) in [5, 5.41) is 9.88. The van der Waals surface area contributed by atoms with E-state index in [-0.39, 0.29) is 18.0 Å². The second-order valence-electron chi connectivity index (χ2n) is 6.68. The molecule has 0 aromatic rings. The van der Waals surface area contributed by atoms with Crippen molar-refractivity contribution in [2.75, 3.05) is 27.2 Å². The maximum Gasteiger partial charge on any atom is 0.230 e. The Bertz CT molecular complexity index is 348. The van der Waals surface area contributed by atoms with Gasteiger partial charge in [0.25, 0.3) is 0 Å². The van der Waals surface area contributed by atoms with Gasteiger partial charge in [0.2, 0.25) is 5.91 Å². The molecule has 2 rings (SSSR count). The smallest absolute Gasteiger partial charge is 0.230 e. The average molecular weight is 269 g/mol. The van der Waals surface area contributed by atoms with E-state index < -0.39 is 11.5 Å². The molecule has 5 heteroatoms. The van der Waals surface area contributed by atoms with E-state index in [0.29, 0.717) is 13.0 Å². The first kappa shape index (κ1) is 14.8. The number of likely N-dealkylation sites (N-methyl/N-ethyl adjacent to an activating group) is 1. The molecule has 1 amide bonds. The van der Waals surface area contributed by atoms with Crippen LogP contribution in [0.3, 0.4) is 0 Å². The molecule has 0 bridgehead atoms. The van der Waals surface area contributed by atoms with Gasteiger partial charge in [-0.15, -0.1) is 0 Å². The lowest BCUT2D eigenvalue weighted by molar-refractivity contribution is -0.143. The zero-order valence-electron chi connectivity index (χ0n) is 12.3. The molecule has 3 N–H and O–H groups in total. The van der Waals surface area contributed by atoms with E-state index >= 15 is 0 Å². The van der Waals surface area contributed by atoms with E-state index in [1.807, 2.05) is 25.9 Å². The van der Waals surface area contributed by atoms with Crippen molar-refractivity contribution >= 4 is 5.91 Å². The molecule has 1 heterocycles. The van der Waals surface area contributed by atoms with Crippen molar-refractivity contribution in [3.05, 3.63) is 0 Å². The van der Waals surface area contributed by atoms with Crippen molar-refractivity contribution in [2.45, 2.75) is 50.8 Å². The molecule has 1 saturated heterocycles. The number of amides is 1. The molecule has 19 heavy (non-hydrogen) atoms. The minimum Gasteiger partial charge on any atom is -0.391 e.